The molecule has 0 aliphatic rings. The maximum atomic E-state index is 13.2. The Hall–Kier alpha value is -2.19. The summed E-state index contributed by atoms with van der Waals surface area (Å²) in [7, 11) is -0.568. The first-order valence-electron chi connectivity index (χ1n) is 8.06. The van der Waals surface area contributed by atoms with Crippen LogP contribution in [0.25, 0.3) is 22.3 Å². The maximum absolute atomic E-state index is 13.2. The van der Waals surface area contributed by atoms with Crippen molar-refractivity contribution in [2.24, 2.45) is 0 Å². The molecule has 0 N–H and O–H groups in total. The number of hydrogen-bond acceptors (Lipinski definition) is 3. The van der Waals surface area contributed by atoms with Crippen LogP contribution in [0.5, 0.6) is 0 Å². The summed E-state index contributed by atoms with van der Waals surface area (Å²) in [5.41, 5.74) is 5.02. The first kappa shape index (κ1) is 17.6. The van der Waals surface area contributed by atoms with Crippen molar-refractivity contribution in [3.8, 4) is 22.3 Å². The van der Waals surface area contributed by atoms with Gasteiger partial charge < -0.3 is 9.05 Å². The van der Waals surface area contributed by atoms with E-state index in [1.54, 1.807) is 0 Å². The predicted octanol–water partition coefficient (Wildman–Crippen LogP) is 5.44. The van der Waals surface area contributed by atoms with Crippen LogP contribution in [-0.4, -0.2) is 14.2 Å². The molecule has 0 bridgehead atoms. The molecule has 0 aliphatic carbocycles. The van der Waals surface area contributed by atoms with Gasteiger partial charge in [0.1, 0.15) is 0 Å². The van der Waals surface area contributed by atoms with E-state index < -0.39 is 7.60 Å². The normalized spacial score (nSPS) is 11.5. The van der Waals surface area contributed by atoms with Gasteiger partial charge in [-0.05, 0) is 40.8 Å². The number of benzene rings is 3. The average Bonchev–Trinajstić information content (AvgIpc) is 2.68. The minimum atomic E-state index is -3.40. The second-order valence-corrected chi connectivity index (χ2v) is 7.98. The Morgan fingerprint density at radius 1 is 0.720 bits per heavy atom. The van der Waals surface area contributed by atoms with Crippen molar-refractivity contribution < 1.29 is 13.6 Å². The van der Waals surface area contributed by atoms with E-state index >= 15 is 0 Å². The fourth-order valence-electron chi connectivity index (χ4n) is 2.94. The summed E-state index contributed by atoms with van der Waals surface area (Å²) in [5.74, 6) is 0. The molecule has 0 amide bonds. The minimum absolute atomic E-state index is 0.577. The highest BCUT2D eigenvalue weighted by Gasteiger charge is 2.29. The lowest BCUT2D eigenvalue weighted by Crippen LogP contribution is -2.12. The second kappa shape index (κ2) is 7.37. The van der Waals surface area contributed by atoms with Gasteiger partial charge in [0.2, 0.25) is 0 Å². The molecule has 0 saturated carbocycles. The molecule has 0 unspecified atom stereocenters. The average molecular weight is 352 g/mol. The van der Waals surface area contributed by atoms with Gasteiger partial charge in [0, 0.05) is 14.2 Å². The van der Waals surface area contributed by atoms with Crippen LogP contribution in [0.2, 0.25) is 0 Å². The van der Waals surface area contributed by atoms with E-state index in [1.165, 1.54) is 14.2 Å². The number of aryl methyl sites for hydroxylation is 1. The van der Waals surface area contributed by atoms with Crippen molar-refractivity contribution in [3.05, 3.63) is 78.4 Å². The lowest BCUT2D eigenvalue weighted by Gasteiger charge is -2.20. The van der Waals surface area contributed by atoms with Crippen LogP contribution < -0.4 is 5.30 Å². The molecule has 0 heterocycles. The molecule has 0 atom stereocenters. The molecule has 3 aromatic carbocycles. The van der Waals surface area contributed by atoms with E-state index in [1.807, 2.05) is 79.7 Å². The Balaban J connectivity index is 2.26. The molecule has 0 aliphatic heterocycles. The van der Waals surface area contributed by atoms with Gasteiger partial charge in [-0.15, -0.1) is 0 Å². The van der Waals surface area contributed by atoms with Crippen molar-refractivity contribution >= 4 is 12.9 Å². The van der Waals surface area contributed by atoms with Gasteiger partial charge >= 0.3 is 7.60 Å². The molecule has 3 aromatic rings. The van der Waals surface area contributed by atoms with Crippen LogP contribution >= 0.6 is 7.60 Å². The van der Waals surface area contributed by atoms with E-state index in [2.05, 4.69) is 0 Å². The van der Waals surface area contributed by atoms with Gasteiger partial charge in [-0.2, -0.15) is 0 Å². The summed E-state index contributed by atoms with van der Waals surface area (Å²) in [6.07, 6.45) is 0. The van der Waals surface area contributed by atoms with Crippen LogP contribution in [-0.2, 0) is 13.6 Å². The lowest BCUT2D eigenvalue weighted by molar-refractivity contribution is 0.287. The van der Waals surface area contributed by atoms with E-state index in [0.717, 1.165) is 27.8 Å². The zero-order valence-electron chi connectivity index (χ0n) is 14.6. The summed E-state index contributed by atoms with van der Waals surface area (Å²) in [5, 5.41) is 0.577. The van der Waals surface area contributed by atoms with Gasteiger partial charge in [0.05, 0.1) is 5.30 Å². The zero-order valence-corrected chi connectivity index (χ0v) is 15.5. The third-order valence-electron chi connectivity index (χ3n) is 4.32. The van der Waals surface area contributed by atoms with Gasteiger partial charge in [0.25, 0.3) is 0 Å². The molecule has 0 spiro atoms. The molecular weight excluding hydrogens is 331 g/mol. The second-order valence-electron chi connectivity index (χ2n) is 5.78. The van der Waals surface area contributed by atoms with Crippen molar-refractivity contribution in [1.29, 1.82) is 0 Å². The smallest absolute Gasteiger partial charge is 0.309 e. The van der Waals surface area contributed by atoms with Crippen LogP contribution in [0.1, 0.15) is 5.56 Å². The lowest BCUT2D eigenvalue weighted by atomic mass is 9.97. The molecule has 3 nitrogen and oxygen atoms in total. The van der Waals surface area contributed by atoms with Crippen molar-refractivity contribution in [2.45, 2.75) is 6.92 Å². The molecular formula is C21H21O3P. The molecule has 4 heteroatoms. The van der Waals surface area contributed by atoms with Gasteiger partial charge in [-0.25, -0.2) is 0 Å². The Labute approximate surface area is 148 Å². The molecule has 3 rings (SSSR count). The van der Waals surface area contributed by atoms with Crippen molar-refractivity contribution in [3.63, 3.8) is 0 Å². The van der Waals surface area contributed by atoms with Crippen molar-refractivity contribution in [2.75, 3.05) is 14.2 Å². The number of hydrogen-bond donors (Lipinski definition) is 0. The molecule has 0 radical (unpaired) electrons. The Morgan fingerprint density at radius 3 is 2.00 bits per heavy atom. The Morgan fingerprint density at radius 2 is 1.36 bits per heavy atom. The predicted molar refractivity (Wildman–Crippen MR) is 103 cm³/mol. The molecule has 0 fully saturated rings. The van der Waals surface area contributed by atoms with E-state index in [-0.39, 0.29) is 0 Å². The summed E-state index contributed by atoms with van der Waals surface area (Å²) in [6, 6.07) is 23.9. The van der Waals surface area contributed by atoms with Crippen LogP contribution in [0.3, 0.4) is 0 Å². The fraction of sp³-hybridized carbons (Fsp3) is 0.143. The van der Waals surface area contributed by atoms with Gasteiger partial charge in [0.15, 0.2) is 0 Å². The van der Waals surface area contributed by atoms with E-state index in [0.29, 0.717) is 5.30 Å². The SMILES string of the molecule is COP(=O)(OC)c1cc(-c2ccccc2)ccc1-c1ccccc1C. The van der Waals surface area contributed by atoms with Gasteiger partial charge in [-0.3, -0.25) is 4.57 Å². The Kier molecular flexibility index (Phi) is 5.19. The molecule has 25 heavy (non-hydrogen) atoms. The fourth-order valence-corrected chi connectivity index (χ4v) is 4.27. The summed E-state index contributed by atoms with van der Waals surface area (Å²) in [6.45, 7) is 2.04. The van der Waals surface area contributed by atoms with E-state index in [9.17, 15) is 4.57 Å². The highest BCUT2D eigenvalue weighted by molar-refractivity contribution is 7.62. The van der Waals surface area contributed by atoms with Crippen LogP contribution in [0.4, 0.5) is 0 Å². The van der Waals surface area contributed by atoms with Crippen LogP contribution in [0.15, 0.2) is 72.8 Å². The molecule has 128 valence electrons. The van der Waals surface area contributed by atoms with E-state index in [4.69, 9.17) is 9.05 Å². The Bertz CT molecular complexity index is 911. The van der Waals surface area contributed by atoms with Crippen LogP contribution in [0, 0.1) is 6.92 Å². The summed E-state index contributed by atoms with van der Waals surface area (Å²) < 4.78 is 23.8. The monoisotopic (exact) mass is 352 g/mol. The number of rotatable bonds is 5. The standard InChI is InChI=1S/C21H21O3P/c1-16-9-7-8-12-19(16)20-14-13-18(17-10-5-4-6-11-17)15-21(20)25(22,23-2)24-3/h4-15H,1-3H3. The summed E-state index contributed by atoms with van der Waals surface area (Å²) >= 11 is 0. The third-order valence-corrected chi connectivity index (χ3v) is 6.24. The zero-order chi connectivity index (χ0) is 17.9. The van der Waals surface area contributed by atoms with Crippen molar-refractivity contribution in [1.82, 2.24) is 0 Å². The minimum Gasteiger partial charge on any atom is -0.309 e. The quantitative estimate of drug-likeness (QED) is 0.574. The largest absolute Gasteiger partial charge is 0.361 e. The topological polar surface area (TPSA) is 35.5 Å². The first-order valence-corrected chi connectivity index (χ1v) is 9.61. The maximum Gasteiger partial charge on any atom is 0.361 e. The highest BCUT2D eigenvalue weighted by Crippen LogP contribution is 2.48. The summed E-state index contributed by atoms with van der Waals surface area (Å²) in [4.78, 5) is 0. The first-order chi connectivity index (χ1) is 12.1. The molecule has 0 saturated heterocycles. The highest BCUT2D eigenvalue weighted by atomic mass is 31.2. The van der Waals surface area contributed by atoms with Gasteiger partial charge in [-0.1, -0.05) is 66.7 Å². The third kappa shape index (κ3) is 3.45. The molecule has 0 aromatic heterocycles.